The molecular formula is C23H28F2N2O5S. The molecule has 3 rings (SSSR count). The van der Waals surface area contributed by atoms with Gasteiger partial charge in [0, 0.05) is 31.0 Å². The normalized spacial score (nSPS) is 17.0. The summed E-state index contributed by atoms with van der Waals surface area (Å²) in [4.78, 5) is 12.7. The van der Waals surface area contributed by atoms with Gasteiger partial charge < -0.3 is 14.8 Å². The fourth-order valence-electron chi connectivity index (χ4n) is 3.86. The van der Waals surface area contributed by atoms with Gasteiger partial charge in [0.2, 0.25) is 15.9 Å². The van der Waals surface area contributed by atoms with E-state index in [0.717, 1.165) is 28.3 Å². The number of methoxy groups -OCH3 is 1. The number of ether oxygens (including phenoxy) is 2. The number of hydrogen-bond donors (Lipinski definition) is 1. The molecule has 1 heterocycles. The fraction of sp³-hybridized carbons (Fsp3) is 0.435. The summed E-state index contributed by atoms with van der Waals surface area (Å²) >= 11 is 0. The molecule has 33 heavy (non-hydrogen) atoms. The SMILES string of the molecule is COc1ccc2c(c1)[C@@H](NC(=O)CCCN(c1ccc(F)c(F)c1)S(C)(=O)=O)CC(C)(C)O2. The number of sulfonamides is 1. The zero-order valence-corrected chi connectivity index (χ0v) is 19.8. The van der Waals surface area contributed by atoms with Crippen LogP contribution in [0.4, 0.5) is 14.5 Å². The third kappa shape index (κ3) is 6.13. The molecule has 0 aliphatic carbocycles. The van der Waals surface area contributed by atoms with Crippen LogP contribution in [0.25, 0.3) is 0 Å². The van der Waals surface area contributed by atoms with E-state index in [4.69, 9.17) is 9.47 Å². The van der Waals surface area contributed by atoms with Crippen molar-refractivity contribution in [1.82, 2.24) is 5.32 Å². The van der Waals surface area contributed by atoms with Crippen molar-refractivity contribution in [2.24, 2.45) is 0 Å². The number of carbonyl (C=O) groups is 1. The summed E-state index contributed by atoms with van der Waals surface area (Å²) in [7, 11) is -2.19. The molecule has 1 aliphatic rings. The van der Waals surface area contributed by atoms with Crippen LogP contribution in [0.15, 0.2) is 36.4 Å². The van der Waals surface area contributed by atoms with Crippen molar-refractivity contribution < 1.29 is 31.5 Å². The van der Waals surface area contributed by atoms with Gasteiger partial charge in [-0.05, 0) is 50.6 Å². The van der Waals surface area contributed by atoms with Crippen molar-refractivity contribution in [3.05, 3.63) is 53.6 Å². The molecule has 2 aromatic carbocycles. The summed E-state index contributed by atoms with van der Waals surface area (Å²) in [6.07, 6.45) is 1.76. The van der Waals surface area contributed by atoms with Gasteiger partial charge in [-0.2, -0.15) is 0 Å². The van der Waals surface area contributed by atoms with E-state index >= 15 is 0 Å². The molecule has 0 aromatic heterocycles. The molecule has 0 unspecified atom stereocenters. The van der Waals surface area contributed by atoms with E-state index < -0.39 is 27.3 Å². The summed E-state index contributed by atoms with van der Waals surface area (Å²) in [5.74, 6) is -1.16. The summed E-state index contributed by atoms with van der Waals surface area (Å²) < 4.78 is 63.4. The van der Waals surface area contributed by atoms with Crippen molar-refractivity contribution in [2.75, 3.05) is 24.2 Å². The Hall–Kier alpha value is -2.88. The molecule has 0 bridgehead atoms. The maximum atomic E-state index is 13.6. The lowest BCUT2D eigenvalue weighted by molar-refractivity contribution is -0.122. The lowest BCUT2D eigenvalue weighted by Crippen LogP contribution is -2.41. The molecule has 0 saturated heterocycles. The average molecular weight is 483 g/mol. The highest BCUT2D eigenvalue weighted by Gasteiger charge is 2.34. The highest BCUT2D eigenvalue weighted by molar-refractivity contribution is 7.92. The highest BCUT2D eigenvalue weighted by atomic mass is 32.2. The minimum atomic E-state index is -3.75. The van der Waals surface area contributed by atoms with Gasteiger partial charge in [0.25, 0.3) is 0 Å². The Labute approximate surface area is 192 Å². The molecule has 1 amide bonds. The molecule has 2 aromatic rings. The Morgan fingerprint density at radius 3 is 2.58 bits per heavy atom. The Bertz CT molecular complexity index is 1140. The maximum Gasteiger partial charge on any atom is 0.232 e. The van der Waals surface area contributed by atoms with Crippen LogP contribution in [0.5, 0.6) is 11.5 Å². The van der Waals surface area contributed by atoms with E-state index in [0.29, 0.717) is 17.9 Å². The van der Waals surface area contributed by atoms with E-state index in [1.54, 1.807) is 19.2 Å². The number of fused-ring (bicyclic) bond motifs is 1. The Balaban J connectivity index is 1.67. The molecule has 0 spiro atoms. The van der Waals surface area contributed by atoms with E-state index in [9.17, 15) is 22.0 Å². The Kier molecular flexibility index (Phi) is 7.16. The quantitative estimate of drug-likeness (QED) is 0.616. The fourth-order valence-corrected chi connectivity index (χ4v) is 4.82. The van der Waals surface area contributed by atoms with Gasteiger partial charge in [-0.15, -0.1) is 0 Å². The third-order valence-electron chi connectivity index (χ3n) is 5.37. The number of hydrogen-bond acceptors (Lipinski definition) is 5. The first-order valence-electron chi connectivity index (χ1n) is 10.5. The number of amides is 1. The van der Waals surface area contributed by atoms with E-state index in [2.05, 4.69) is 5.32 Å². The van der Waals surface area contributed by atoms with Gasteiger partial charge in [-0.3, -0.25) is 9.10 Å². The minimum absolute atomic E-state index is 0.00371. The second-order valence-corrected chi connectivity index (χ2v) is 10.5. The molecule has 0 radical (unpaired) electrons. The second kappa shape index (κ2) is 9.54. The second-order valence-electron chi connectivity index (χ2n) is 8.63. The topological polar surface area (TPSA) is 84.9 Å². The minimum Gasteiger partial charge on any atom is -0.497 e. The van der Waals surface area contributed by atoms with Crippen molar-refractivity contribution >= 4 is 21.6 Å². The monoisotopic (exact) mass is 482 g/mol. The first-order chi connectivity index (χ1) is 15.4. The predicted octanol–water partition coefficient (Wildman–Crippen LogP) is 3.94. The Morgan fingerprint density at radius 2 is 1.94 bits per heavy atom. The first kappa shape index (κ1) is 24.8. The number of nitrogens with one attached hydrogen (secondary N) is 1. The van der Waals surface area contributed by atoms with Crippen LogP contribution in [0.2, 0.25) is 0 Å². The first-order valence-corrected chi connectivity index (χ1v) is 12.3. The molecule has 10 heteroatoms. The number of benzene rings is 2. The van der Waals surface area contributed by atoms with Crippen LogP contribution in [-0.2, 0) is 14.8 Å². The smallest absolute Gasteiger partial charge is 0.232 e. The van der Waals surface area contributed by atoms with Gasteiger partial charge in [0.1, 0.15) is 17.1 Å². The Morgan fingerprint density at radius 1 is 1.21 bits per heavy atom. The lowest BCUT2D eigenvalue weighted by Gasteiger charge is -2.38. The molecular weight excluding hydrogens is 454 g/mol. The van der Waals surface area contributed by atoms with Crippen molar-refractivity contribution in [3.8, 4) is 11.5 Å². The highest BCUT2D eigenvalue weighted by Crippen LogP contribution is 2.41. The molecule has 1 N–H and O–H groups in total. The summed E-state index contributed by atoms with van der Waals surface area (Å²) in [5.41, 5.74) is 0.324. The third-order valence-corrected chi connectivity index (χ3v) is 6.56. The molecule has 180 valence electrons. The van der Waals surface area contributed by atoms with Crippen LogP contribution in [0, 0.1) is 11.6 Å². The van der Waals surface area contributed by atoms with E-state index in [1.807, 2.05) is 19.9 Å². The number of halogens is 2. The van der Waals surface area contributed by atoms with E-state index in [1.165, 1.54) is 6.07 Å². The predicted molar refractivity (Wildman–Crippen MR) is 121 cm³/mol. The number of rotatable bonds is 8. The maximum absolute atomic E-state index is 13.6. The van der Waals surface area contributed by atoms with Crippen molar-refractivity contribution in [3.63, 3.8) is 0 Å². The number of anilines is 1. The molecule has 1 aliphatic heterocycles. The molecule has 0 fully saturated rings. The largest absolute Gasteiger partial charge is 0.497 e. The van der Waals surface area contributed by atoms with Crippen LogP contribution < -0.4 is 19.1 Å². The van der Waals surface area contributed by atoms with Gasteiger partial charge in [0.05, 0.1) is 25.1 Å². The summed E-state index contributed by atoms with van der Waals surface area (Å²) in [6, 6.07) is 8.00. The molecule has 7 nitrogen and oxygen atoms in total. The van der Waals surface area contributed by atoms with Crippen LogP contribution in [0.3, 0.4) is 0 Å². The van der Waals surface area contributed by atoms with Crippen LogP contribution >= 0.6 is 0 Å². The van der Waals surface area contributed by atoms with Gasteiger partial charge in [-0.25, -0.2) is 17.2 Å². The average Bonchev–Trinajstić information content (AvgIpc) is 2.71. The van der Waals surface area contributed by atoms with Crippen molar-refractivity contribution in [2.45, 2.75) is 44.8 Å². The van der Waals surface area contributed by atoms with E-state index in [-0.39, 0.29) is 37.0 Å². The molecule has 0 saturated carbocycles. The molecule has 1 atom stereocenters. The zero-order chi connectivity index (χ0) is 24.4. The van der Waals surface area contributed by atoms with Crippen LogP contribution in [-0.4, -0.2) is 39.8 Å². The van der Waals surface area contributed by atoms with Gasteiger partial charge in [-0.1, -0.05) is 0 Å². The summed E-state index contributed by atoms with van der Waals surface area (Å²) in [5, 5.41) is 3.00. The number of nitrogens with zero attached hydrogens (tertiary/aromatic N) is 1. The van der Waals surface area contributed by atoms with Crippen LogP contribution in [0.1, 0.15) is 44.7 Å². The van der Waals surface area contributed by atoms with Crippen molar-refractivity contribution in [1.29, 1.82) is 0 Å². The lowest BCUT2D eigenvalue weighted by atomic mass is 9.89. The zero-order valence-electron chi connectivity index (χ0n) is 19.0. The number of carbonyl (C=O) groups excluding carboxylic acids is 1. The van der Waals surface area contributed by atoms with Gasteiger partial charge >= 0.3 is 0 Å². The summed E-state index contributed by atoms with van der Waals surface area (Å²) in [6.45, 7) is 3.82. The van der Waals surface area contributed by atoms with Gasteiger partial charge in [0.15, 0.2) is 11.6 Å². The standard InChI is InChI=1S/C23H28F2N2O5S/c1-23(2)14-20(17-13-16(31-3)8-10-21(17)32-23)26-22(28)6-5-11-27(33(4,29)30)15-7-9-18(24)19(25)12-15/h7-10,12-13,20H,5-6,11,14H2,1-4H3,(H,26,28)/t20-/m0/s1.